The number of ether oxygens (including phenoxy) is 3. The van der Waals surface area contributed by atoms with Gasteiger partial charge < -0.3 is 14.2 Å². The molecule has 0 aliphatic carbocycles. The molecule has 0 amide bonds. The molecule has 1 unspecified atom stereocenters. The standard InChI is InChI=1S/C15H26O6/c1-4-6-8-14(17)20-11-13(10-19-12(3)16)21-15(18)9-7-5-2/h13H,4-11H2,1-3H3. The van der Waals surface area contributed by atoms with E-state index in [1.807, 2.05) is 13.8 Å². The largest absolute Gasteiger partial charge is 0.462 e. The summed E-state index contributed by atoms with van der Waals surface area (Å²) in [6, 6.07) is 0. The van der Waals surface area contributed by atoms with E-state index < -0.39 is 12.1 Å². The van der Waals surface area contributed by atoms with Gasteiger partial charge in [-0.2, -0.15) is 0 Å². The second-order valence-electron chi connectivity index (χ2n) is 4.80. The SMILES string of the molecule is CCCCC(=O)OCC(COC(C)=O)OC(=O)CCCC. The van der Waals surface area contributed by atoms with Crippen LogP contribution < -0.4 is 0 Å². The Kier molecular flexibility index (Phi) is 11.3. The van der Waals surface area contributed by atoms with Gasteiger partial charge in [-0.15, -0.1) is 0 Å². The van der Waals surface area contributed by atoms with Crippen molar-refractivity contribution < 1.29 is 28.6 Å². The minimum absolute atomic E-state index is 0.0896. The second-order valence-corrected chi connectivity index (χ2v) is 4.80. The highest BCUT2D eigenvalue weighted by molar-refractivity contribution is 5.70. The fourth-order valence-corrected chi connectivity index (χ4v) is 1.47. The van der Waals surface area contributed by atoms with Crippen LogP contribution >= 0.6 is 0 Å². The van der Waals surface area contributed by atoms with E-state index in [0.29, 0.717) is 12.8 Å². The zero-order chi connectivity index (χ0) is 16.1. The summed E-state index contributed by atoms with van der Waals surface area (Å²) < 4.78 is 15.0. The van der Waals surface area contributed by atoms with Crippen LogP contribution in [-0.4, -0.2) is 37.2 Å². The van der Waals surface area contributed by atoms with E-state index in [1.165, 1.54) is 6.92 Å². The predicted octanol–water partition coefficient (Wildman–Crippen LogP) is 2.38. The van der Waals surface area contributed by atoms with Gasteiger partial charge >= 0.3 is 17.9 Å². The lowest BCUT2D eigenvalue weighted by Gasteiger charge is -2.17. The number of unbranched alkanes of at least 4 members (excludes halogenated alkanes) is 2. The zero-order valence-electron chi connectivity index (χ0n) is 13.2. The number of carbonyl (C=O) groups excluding carboxylic acids is 3. The van der Waals surface area contributed by atoms with Crippen molar-refractivity contribution in [3.63, 3.8) is 0 Å². The molecule has 6 heteroatoms. The highest BCUT2D eigenvalue weighted by Crippen LogP contribution is 2.04. The molecule has 0 spiro atoms. The molecular weight excluding hydrogens is 276 g/mol. The van der Waals surface area contributed by atoms with Crippen molar-refractivity contribution >= 4 is 17.9 Å². The van der Waals surface area contributed by atoms with Crippen molar-refractivity contribution in [3.8, 4) is 0 Å². The smallest absolute Gasteiger partial charge is 0.306 e. The normalized spacial score (nSPS) is 11.6. The molecule has 0 rings (SSSR count). The molecule has 0 N–H and O–H groups in total. The van der Waals surface area contributed by atoms with E-state index in [4.69, 9.17) is 14.2 Å². The molecule has 0 radical (unpaired) electrons. The van der Waals surface area contributed by atoms with Crippen LogP contribution in [0.25, 0.3) is 0 Å². The lowest BCUT2D eigenvalue weighted by molar-refractivity contribution is -0.166. The van der Waals surface area contributed by atoms with Crippen LogP contribution in [0.15, 0.2) is 0 Å². The number of esters is 3. The van der Waals surface area contributed by atoms with E-state index in [-0.39, 0.29) is 25.2 Å². The molecule has 0 aliphatic rings. The topological polar surface area (TPSA) is 78.9 Å². The Morgan fingerprint density at radius 2 is 1.38 bits per heavy atom. The highest BCUT2D eigenvalue weighted by atomic mass is 16.6. The minimum atomic E-state index is -0.746. The first-order chi connectivity index (χ1) is 9.99. The van der Waals surface area contributed by atoms with Crippen molar-refractivity contribution in [1.29, 1.82) is 0 Å². The van der Waals surface area contributed by atoms with Crippen LogP contribution in [0.1, 0.15) is 59.3 Å². The number of rotatable bonds is 11. The Morgan fingerprint density at radius 1 is 0.857 bits per heavy atom. The summed E-state index contributed by atoms with van der Waals surface area (Å²) in [6.07, 6.45) is 3.16. The molecule has 0 saturated carbocycles. The summed E-state index contributed by atoms with van der Waals surface area (Å²) in [5.41, 5.74) is 0. The summed E-state index contributed by atoms with van der Waals surface area (Å²) in [5, 5.41) is 0. The molecule has 0 aromatic heterocycles. The minimum Gasteiger partial charge on any atom is -0.462 e. The molecule has 0 bridgehead atoms. The summed E-state index contributed by atoms with van der Waals surface area (Å²) in [6.45, 7) is 5.02. The number of carbonyl (C=O) groups is 3. The third kappa shape index (κ3) is 11.9. The first-order valence-corrected chi connectivity index (χ1v) is 7.48. The van der Waals surface area contributed by atoms with E-state index in [9.17, 15) is 14.4 Å². The molecule has 0 aliphatic heterocycles. The van der Waals surface area contributed by atoms with Crippen LogP contribution in [-0.2, 0) is 28.6 Å². The fraction of sp³-hybridized carbons (Fsp3) is 0.800. The van der Waals surface area contributed by atoms with Gasteiger partial charge in [-0.3, -0.25) is 14.4 Å². The maximum atomic E-state index is 11.6. The third-order valence-electron chi connectivity index (χ3n) is 2.67. The Balaban J connectivity index is 4.21. The fourth-order valence-electron chi connectivity index (χ4n) is 1.47. The van der Waals surface area contributed by atoms with Gasteiger partial charge in [-0.1, -0.05) is 26.7 Å². The summed E-state index contributed by atoms with van der Waals surface area (Å²) in [5.74, 6) is -1.19. The maximum absolute atomic E-state index is 11.6. The zero-order valence-corrected chi connectivity index (χ0v) is 13.2. The Labute approximate surface area is 126 Å². The van der Waals surface area contributed by atoms with Crippen LogP contribution in [0.3, 0.4) is 0 Å². The van der Waals surface area contributed by atoms with Gasteiger partial charge in [0, 0.05) is 19.8 Å². The number of hydrogen-bond acceptors (Lipinski definition) is 6. The van der Waals surface area contributed by atoms with Crippen LogP contribution in [0.4, 0.5) is 0 Å². The van der Waals surface area contributed by atoms with E-state index in [0.717, 1.165) is 25.7 Å². The van der Waals surface area contributed by atoms with E-state index in [2.05, 4.69) is 0 Å². The van der Waals surface area contributed by atoms with Gasteiger partial charge in [0.05, 0.1) is 0 Å². The molecule has 1 atom stereocenters. The average Bonchev–Trinajstić information content (AvgIpc) is 2.45. The van der Waals surface area contributed by atoms with Gasteiger partial charge in [0.1, 0.15) is 13.2 Å². The van der Waals surface area contributed by atoms with Gasteiger partial charge in [-0.05, 0) is 12.8 Å². The Hall–Kier alpha value is -1.59. The third-order valence-corrected chi connectivity index (χ3v) is 2.67. The molecule has 6 nitrogen and oxygen atoms in total. The first-order valence-electron chi connectivity index (χ1n) is 7.48. The van der Waals surface area contributed by atoms with E-state index >= 15 is 0 Å². The molecule has 21 heavy (non-hydrogen) atoms. The molecule has 122 valence electrons. The predicted molar refractivity (Wildman–Crippen MR) is 76.5 cm³/mol. The molecule has 0 saturated heterocycles. The van der Waals surface area contributed by atoms with Gasteiger partial charge in [0.15, 0.2) is 6.10 Å². The van der Waals surface area contributed by atoms with Gasteiger partial charge in [-0.25, -0.2) is 0 Å². The highest BCUT2D eigenvalue weighted by Gasteiger charge is 2.18. The second kappa shape index (κ2) is 12.2. The Morgan fingerprint density at radius 3 is 1.90 bits per heavy atom. The monoisotopic (exact) mass is 302 g/mol. The van der Waals surface area contributed by atoms with Gasteiger partial charge in [0.2, 0.25) is 0 Å². The summed E-state index contributed by atoms with van der Waals surface area (Å²) in [7, 11) is 0. The lowest BCUT2D eigenvalue weighted by Crippen LogP contribution is -2.30. The average molecular weight is 302 g/mol. The molecule has 0 aromatic carbocycles. The quantitative estimate of drug-likeness (QED) is 0.431. The van der Waals surface area contributed by atoms with E-state index in [1.54, 1.807) is 0 Å². The number of hydrogen-bond donors (Lipinski definition) is 0. The van der Waals surface area contributed by atoms with Crippen molar-refractivity contribution in [2.24, 2.45) is 0 Å². The molecular formula is C15H26O6. The van der Waals surface area contributed by atoms with Gasteiger partial charge in [0.25, 0.3) is 0 Å². The van der Waals surface area contributed by atoms with Crippen LogP contribution in [0, 0.1) is 0 Å². The van der Waals surface area contributed by atoms with Crippen molar-refractivity contribution in [3.05, 3.63) is 0 Å². The van der Waals surface area contributed by atoms with Crippen molar-refractivity contribution in [2.45, 2.75) is 65.4 Å². The molecule has 0 aromatic rings. The first kappa shape index (κ1) is 19.4. The van der Waals surface area contributed by atoms with Crippen LogP contribution in [0.2, 0.25) is 0 Å². The van der Waals surface area contributed by atoms with Crippen molar-refractivity contribution in [1.82, 2.24) is 0 Å². The summed E-state index contributed by atoms with van der Waals surface area (Å²) in [4.78, 5) is 33.8. The lowest BCUT2D eigenvalue weighted by atomic mass is 10.2. The van der Waals surface area contributed by atoms with Crippen molar-refractivity contribution in [2.75, 3.05) is 13.2 Å². The Bertz CT molecular complexity index is 326. The van der Waals surface area contributed by atoms with Crippen LogP contribution in [0.5, 0.6) is 0 Å². The molecule has 0 fully saturated rings. The maximum Gasteiger partial charge on any atom is 0.306 e. The molecule has 0 heterocycles. The summed E-state index contributed by atoms with van der Waals surface area (Å²) >= 11 is 0.